The molecule has 0 radical (unpaired) electrons. The van der Waals surface area contributed by atoms with E-state index < -0.39 is 0 Å². The number of para-hydroxylation sites is 4. The van der Waals surface area contributed by atoms with Crippen molar-refractivity contribution in [2.45, 2.75) is 0 Å². The molecule has 246 valence electrons. The zero-order valence-electron chi connectivity index (χ0n) is 27.0. The minimum absolute atomic E-state index is 0. The van der Waals surface area contributed by atoms with Gasteiger partial charge in [-0.3, -0.25) is 0 Å². The first-order valence-electron chi connectivity index (χ1n) is 16.6. The molecule has 0 spiro atoms. The summed E-state index contributed by atoms with van der Waals surface area (Å²) in [5.74, 6) is 1.21. The van der Waals surface area contributed by atoms with Crippen molar-refractivity contribution in [1.82, 2.24) is 13.8 Å². The summed E-state index contributed by atoms with van der Waals surface area (Å²) in [6, 6.07) is 53.5. The van der Waals surface area contributed by atoms with Crippen LogP contribution in [0.4, 0.5) is 11.4 Å². The average molecular weight is 836 g/mol. The number of hydrogen-bond acceptors (Lipinski definition) is 4. The summed E-state index contributed by atoms with van der Waals surface area (Å²) in [6.07, 6.45) is 5.93. The average Bonchev–Trinajstić information content (AvgIpc) is 3.88. The van der Waals surface area contributed by atoms with Crippen molar-refractivity contribution >= 4 is 76.9 Å². The maximum absolute atomic E-state index is 6.51. The number of pyridine rings is 1. The second kappa shape index (κ2) is 11.5. The molecule has 0 atom stereocenters. The van der Waals surface area contributed by atoms with Crippen molar-refractivity contribution in [3.8, 4) is 11.5 Å². The number of fused-ring (bicyclic) bond motifs is 10. The number of benzene rings is 6. The molecule has 1 aliphatic rings. The predicted octanol–water partition coefficient (Wildman–Crippen LogP) is 10.7. The van der Waals surface area contributed by atoms with Crippen molar-refractivity contribution in [2.75, 3.05) is 9.80 Å². The van der Waals surface area contributed by atoms with Gasteiger partial charge in [-0.15, -0.1) is 48.1 Å². The Morgan fingerprint density at radius 1 is 0.510 bits per heavy atom. The first-order chi connectivity index (χ1) is 24.8. The molecule has 1 aliphatic heterocycles. The minimum atomic E-state index is 0. The molecule has 0 amide bonds. The van der Waals surface area contributed by atoms with Crippen molar-refractivity contribution in [2.24, 2.45) is 0 Å². The van der Waals surface area contributed by atoms with E-state index >= 15 is 0 Å². The third-order valence-corrected chi connectivity index (χ3v) is 9.82. The monoisotopic (exact) mass is 835 g/mol. The fourth-order valence-corrected chi connectivity index (χ4v) is 7.69. The summed E-state index contributed by atoms with van der Waals surface area (Å²) in [6.45, 7) is 2.04. The number of anilines is 2. The van der Waals surface area contributed by atoms with Crippen LogP contribution in [0.2, 0.25) is 0 Å². The molecule has 11 rings (SSSR count). The SMILES string of the molecule is [Pt].[c-]1c(Oc2[c-]c3c(cc2)c2cccc4c2n3c2ncccc2c2cccc3c5ccccc5n4c32)cccc1N1C=CN(c2ccccc2)[CH-]1. The van der Waals surface area contributed by atoms with Gasteiger partial charge in [0.1, 0.15) is 5.65 Å². The third-order valence-electron chi connectivity index (χ3n) is 9.82. The minimum Gasteiger partial charge on any atom is -0.509 e. The molecule has 0 bridgehead atoms. The summed E-state index contributed by atoms with van der Waals surface area (Å²) < 4.78 is 11.2. The van der Waals surface area contributed by atoms with Gasteiger partial charge in [0.05, 0.1) is 22.1 Å². The van der Waals surface area contributed by atoms with Crippen LogP contribution in [0.1, 0.15) is 0 Å². The summed E-state index contributed by atoms with van der Waals surface area (Å²) in [5, 5.41) is 6.88. The van der Waals surface area contributed by atoms with Crippen molar-refractivity contribution in [3.05, 3.63) is 171 Å². The van der Waals surface area contributed by atoms with Gasteiger partial charge in [-0.25, -0.2) is 4.98 Å². The van der Waals surface area contributed by atoms with E-state index in [0.29, 0.717) is 11.5 Å². The Bertz CT molecular complexity index is 3020. The van der Waals surface area contributed by atoms with Gasteiger partial charge in [0, 0.05) is 66.0 Å². The van der Waals surface area contributed by atoms with Crippen molar-refractivity contribution in [1.29, 1.82) is 0 Å². The van der Waals surface area contributed by atoms with E-state index in [0.717, 1.165) is 55.1 Å². The second-order valence-electron chi connectivity index (χ2n) is 12.6. The van der Waals surface area contributed by atoms with Crippen LogP contribution < -0.4 is 14.5 Å². The van der Waals surface area contributed by atoms with Crippen molar-refractivity contribution < 1.29 is 25.8 Å². The van der Waals surface area contributed by atoms with Gasteiger partial charge in [-0.1, -0.05) is 72.2 Å². The number of rotatable bonds is 4. The molecule has 6 nitrogen and oxygen atoms in total. The van der Waals surface area contributed by atoms with E-state index in [4.69, 9.17) is 9.72 Å². The number of nitrogens with zero attached hydrogens (tertiary/aromatic N) is 5. The molecule has 0 saturated carbocycles. The molecule has 0 aliphatic carbocycles. The maximum Gasteiger partial charge on any atom is 0.143 e. The van der Waals surface area contributed by atoms with E-state index in [-0.39, 0.29) is 21.1 Å². The first kappa shape index (κ1) is 29.8. The number of ether oxygens (including phenoxy) is 1. The quantitative estimate of drug-likeness (QED) is 0.166. The first-order valence-corrected chi connectivity index (χ1v) is 16.6. The molecule has 0 fully saturated rings. The van der Waals surface area contributed by atoms with Gasteiger partial charge in [0.25, 0.3) is 0 Å². The zero-order valence-corrected chi connectivity index (χ0v) is 29.2. The molecular weight excluding hydrogens is 810 g/mol. The molecule has 51 heavy (non-hydrogen) atoms. The van der Waals surface area contributed by atoms with Crippen LogP contribution >= 0.6 is 0 Å². The van der Waals surface area contributed by atoms with Gasteiger partial charge < -0.3 is 23.3 Å². The topological polar surface area (TPSA) is 37.4 Å². The molecule has 0 unspecified atom stereocenters. The Morgan fingerprint density at radius 2 is 1.20 bits per heavy atom. The zero-order chi connectivity index (χ0) is 32.8. The smallest absolute Gasteiger partial charge is 0.143 e. The fraction of sp³-hybridized carbons (Fsp3) is 0. The van der Waals surface area contributed by atoms with Gasteiger partial charge in [0.2, 0.25) is 0 Å². The normalized spacial score (nSPS) is 13.1. The van der Waals surface area contributed by atoms with Crippen LogP contribution in [-0.2, 0) is 21.1 Å². The Balaban J connectivity index is 0.00000327. The summed E-state index contributed by atoms with van der Waals surface area (Å²) in [7, 11) is 0. The molecule has 10 aromatic rings. The molecule has 5 heterocycles. The van der Waals surface area contributed by atoms with Crippen LogP contribution in [0.5, 0.6) is 11.5 Å². The largest absolute Gasteiger partial charge is 0.509 e. The molecule has 6 aromatic carbocycles. The number of aromatic nitrogens is 3. The van der Waals surface area contributed by atoms with Gasteiger partial charge >= 0.3 is 0 Å². The molecule has 4 aromatic heterocycles. The Labute approximate surface area is 307 Å². The van der Waals surface area contributed by atoms with E-state index in [9.17, 15) is 0 Å². The Hall–Kier alpha value is -6.10. The van der Waals surface area contributed by atoms with E-state index in [2.05, 4.69) is 111 Å². The molecule has 0 N–H and O–H groups in total. The number of hydrogen-bond donors (Lipinski definition) is 0. The van der Waals surface area contributed by atoms with Gasteiger partial charge in [0.15, 0.2) is 0 Å². The van der Waals surface area contributed by atoms with Crippen LogP contribution in [0.25, 0.3) is 65.5 Å². The van der Waals surface area contributed by atoms with E-state index in [1.54, 1.807) is 0 Å². The van der Waals surface area contributed by atoms with Gasteiger partial charge in [-0.05, 0) is 54.2 Å². The van der Waals surface area contributed by atoms with Gasteiger partial charge in [-0.2, -0.15) is 12.1 Å². The van der Waals surface area contributed by atoms with E-state index in [1.165, 1.54) is 21.8 Å². The summed E-state index contributed by atoms with van der Waals surface area (Å²) in [4.78, 5) is 9.16. The van der Waals surface area contributed by atoms with Crippen LogP contribution in [0, 0.1) is 18.8 Å². The fourth-order valence-electron chi connectivity index (χ4n) is 7.69. The third kappa shape index (κ3) is 4.43. The Kier molecular flexibility index (Phi) is 6.70. The molecular formula is C44H26N5OPt-3. The van der Waals surface area contributed by atoms with Crippen LogP contribution in [0.3, 0.4) is 0 Å². The van der Waals surface area contributed by atoms with E-state index in [1.807, 2.05) is 78.7 Å². The van der Waals surface area contributed by atoms with Crippen molar-refractivity contribution in [3.63, 3.8) is 0 Å². The molecule has 0 saturated heterocycles. The van der Waals surface area contributed by atoms with Crippen LogP contribution in [-0.4, -0.2) is 13.8 Å². The Morgan fingerprint density at radius 3 is 2.10 bits per heavy atom. The van der Waals surface area contributed by atoms with Crippen LogP contribution in [0.15, 0.2) is 152 Å². The summed E-state index contributed by atoms with van der Waals surface area (Å²) >= 11 is 0. The molecule has 7 heteroatoms. The predicted molar refractivity (Wildman–Crippen MR) is 203 cm³/mol. The summed E-state index contributed by atoms with van der Waals surface area (Å²) in [5.41, 5.74) is 8.29. The maximum atomic E-state index is 6.51. The second-order valence-corrected chi connectivity index (χ2v) is 12.6. The standard InChI is InChI=1S/C44H26N5O.Pt/c1-2-10-29(11-3-1)46-24-25-47(28-46)30-12-6-13-31(26-30)50-32-21-22-34-36-17-8-20-40-43(36)49(41(34)27-32)44-38(18-9-23-45-44)37-16-7-15-35-33-14-4-5-19-39(33)48(40)42(35)37;/h1-25,28H;/q-3;.